The van der Waals surface area contributed by atoms with Crippen LogP contribution < -0.4 is 20.1 Å². The average Bonchev–Trinajstić information content (AvgIpc) is 3.77. The number of hydrogen-bond donors (Lipinski definition) is 2. The molecule has 0 bridgehead atoms. The molecule has 2 N–H and O–H groups in total. The van der Waals surface area contributed by atoms with E-state index in [0.29, 0.717) is 11.5 Å². The number of hydrogen-bond acceptors (Lipinski definition) is 14. The predicted molar refractivity (Wildman–Crippen MR) is 230 cm³/mol. The quantitative estimate of drug-likeness (QED) is 0.0700. The molecule has 0 radical (unpaired) electrons. The number of methoxy groups -OCH3 is 2. The van der Waals surface area contributed by atoms with E-state index >= 15 is 0 Å². The van der Waals surface area contributed by atoms with Crippen molar-refractivity contribution >= 4 is 44.0 Å². The van der Waals surface area contributed by atoms with Crippen molar-refractivity contribution in [1.82, 2.24) is 20.2 Å². The van der Waals surface area contributed by atoms with E-state index in [9.17, 15) is 24.4 Å². The fourth-order valence-electron chi connectivity index (χ4n) is 7.79. The van der Waals surface area contributed by atoms with Gasteiger partial charge in [-0.25, -0.2) is 14.4 Å². The lowest BCUT2D eigenvalue weighted by Gasteiger charge is -2.39. The second-order valence-corrected chi connectivity index (χ2v) is 16.7. The van der Waals surface area contributed by atoms with Crippen molar-refractivity contribution in [2.45, 2.75) is 96.4 Å². The molecular weight excluding hydrogens is 833 g/mol. The van der Waals surface area contributed by atoms with Gasteiger partial charge in [0.15, 0.2) is 0 Å². The molecule has 0 saturated carbocycles. The summed E-state index contributed by atoms with van der Waals surface area (Å²) in [6.45, 7) is 10.2. The van der Waals surface area contributed by atoms with Crippen molar-refractivity contribution in [2.75, 3.05) is 27.4 Å². The lowest BCUT2D eigenvalue weighted by atomic mass is 9.80. The standard InChI is InChI=1S/C44H52N7O11P/c1-27(2)51(28(3)4)63(59-24-12-23-45)62-36-25-38(50-42(55)47-39-40(54)48-41(46-29(5)52)49-44(39,50)61-30(6)53)60-37(36)26-58-43(31-13-10-9-11-14-31,32-15-19-34(56-7)20-16-32)33-17-21-35(57-8)22-18-33/h9-11,13-22,27-28,36-38H,12,24-26H2,1-8H3,(H2,46,48,49,52,54)/t36-,37+,38+,44-,63?/m0/s1. The third kappa shape index (κ3) is 9.89. The zero-order valence-electron chi connectivity index (χ0n) is 36.4. The smallest absolute Gasteiger partial charge is 0.351 e. The van der Waals surface area contributed by atoms with Crippen molar-refractivity contribution < 1.29 is 51.9 Å². The SMILES string of the molecule is COc1ccc(C(OC[C@H]2O[C@@H](N3C(=O)N=C4C(=O)NC(NC(C)=O)=N[C@@]43OC(C)=O)C[C@@H]2OP(OCCC#N)N(C(C)C)C(C)C)(c2ccccc2)c2ccc(OC)cc2)cc1. The van der Waals surface area contributed by atoms with Crippen molar-refractivity contribution in [1.29, 1.82) is 5.26 Å². The number of nitrogens with one attached hydrogen (secondary N) is 2. The molecule has 334 valence electrons. The maximum atomic E-state index is 14.0. The minimum absolute atomic E-state index is 0.0625. The minimum atomic E-state index is -2.45. The minimum Gasteiger partial charge on any atom is -0.497 e. The van der Waals surface area contributed by atoms with Gasteiger partial charge in [-0.05, 0) is 68.7 Å². The number of guanidine groups is 1. The first-order chi connectivity index (χ1) is 30.2. The summed E-state index contributed by atoms with van der Waals surface area (Å²) in [5.74, 6) is -3.98. The van der Waals surface area contributed by atoms with Crippen LogP contribution in [0.3, 0.4) is 0 Å². The van der Waals surface area contributed by atoms with Crippen LogP contribution in [0.4, 0.5) is 4.79 Å². The molecule has 3 aliphatic rings. The summed E-state index contributed by atoms with van der Waals surface area (Å²) in [7, 11) is 1.29. The summed E-state index contributed by atoms with van der Waals surface area (Å²) in [6, 6.07) is 25.7. The number of carbonyl (C=O) groups is 4. The Morgan fingerprint density at radius 3 is 2.08 bits per heavy atom. The van der Waals surface area contributed by atoms with Crippen LogP contribution in [0.15, 0.2) is 88.8 Å². The number of aliphatic imine (C=N–C) groups is 2. The van der Waals surface area contributed by atoms with Crippen LogP contribution in [-0.2, 0) is 43.2 Å². The molecule has 4 amide bonds. The highest BCUT2D eigenvalue weighted by molar-refractivity contribution is 7.44. The van der Waals surface area contributed by atoms with Gasteiger partial charge in [-0.1, -0.05) is 54.6 Å². The Labute approximate surface area is 367 Å². The van der Waals surface area contributed by atoms with Crippen LogP contribution in [0.2, 0.25) is 0 Å². The summed E-state index contributed by atoms with van der Waals surface area (Å²) < 4.78 is 46.1. The van der Waals surface area contributed by atoms with Crippen molar-refractivity contribution in [3.63, 3.8) is 0 Å². The number of benzene rings is 3. The molecular formula is C44H52N7O11P. The Hall–Kier alpha value is -5.80. The van der Waals surface area contributed by atoms with E-state index in [0.717, 1.165) is 28.5 Å². The molecule has 6 rings (SSSR count). The van der Waals surface area contributed by atoms with Crippen LogP contribution >= 0.6 is 8.53 Å². The highest BCUT2D eigenvalue weighted by Crippen LogP contribution is 2.51. The maximum Gasteiger partial charge on any atom is 0.351 e. The van der Waals surface area contributed by atoms with Gasteiger partial charge in [0.2, 0.25) is 17.6 Å². The average molecular weight is 886 g/mol. The normalized spacial score (nSPS) is 21.4. The molecule has 1 saturated heterocycles. The fraction of sp³-hybridized carbons (Fsp3) is 0.432. The molecule has 3 heterocycles. The molecule has 5 atom stereocenters. The van der Waals surface area contributed by atoms with Gasteiger partial charge in [-0.15, -0.1) is 0 Å². The highest BCUT2D eigenvalue weighted by Gasteiger charge is 2.63. The van der Waals surface area contributed by atoms with Crippen molar-refractivity contribution in [3.8, 4) is 17.6 Å². The van der Waals surface area contributed by atoms with Gasteiger partial charge in [0.25, 0.3) is 14.4 Å². The number of nitriles is 1. The molecule has 1 unspecified atom stereocenters. The predicted octanol–water partition coefficient (Wildman–Crippen LogP) is 5.50. The number of urea groups is 1. The molecule has 0 aromatic heterocycles. The topological polar surface area (TPSA) is 212 Å². The van der Waals surface area contributed by atoms with E-state index in [2.05, 4.69) is 31.4 Å². The summed E-state index contributed by atoms with van der Waals surface area (Å²) in [4.78, 5) is 61.8. The summed E-state index contributed by atoms with van der Waals surface area (Å²) in [6.07, 6.45) is -3.16. The molecule has 18 nitrogen and oxygen atoms in total. The summed E-state index contributed by atoms with van der Waals surface area (Å²) in [5.41, 5.74) is 0.435. The Balaban J connectivity index is 1.48. The first kappa shape index (κ1) is 46.7. The lowest BCUT2D eigenvalue weighted by molar-refractivity contribution is -0.178. The van der Waals surface area contributed by atoms with Crippen LogP contribution in [0.5, 0.6) is 11.5 Å². The summed E-state index contributed by atoms with van der Waals surface area (Å²) >= 11 is 0. The molecule has 19 heteroatoms. The molecule has 63 heavy (non-hydrogen) atoms. The number of ether oxygens (including phenoxy) is 5. The van der Waals surface area contributed by atoms with Crippen molar-refractivity contribution in [3.05, 3.63) is 95.6 Å². The largest absolute Gasteiger partial charge is 0.497 e. The Kier molecular flexibility index (Phi) is 14.9. The van der Waals surface area contributed by atoms with E-state index in [1.54, 1.807) is 14.2 Å². The van der Waals surface area contributed by atoms with Gasteiger partial charge >= 0.3 is 17.8 Å². The maximum absolute atomic E-state index is 14.0. The monoisotopic (exact) mass is 885 g/mol. The van der Waals surface area contributed by atoms with Crippen molar-refractivity contribution in [2.24, 2.45) is 9.98 Å². The molecule has 3 aliphatic heterocycles. The van der Waals surface area contributed by atoms with Gasteiger partial charge < -0.3 is 32.7 Å². The highest BCUT2D eigenvalue weighted by atomic mass is 31.2. The van der Waals surface area contributed by atoms with E-state index < -0.39 is 67.9 Å². The van der Waals surface area contributed by atoms with Gasteiger partial charge in [0.05, 0.1) is 46.0 Å². The molecule has 3 aromatic rings. The van der Waals surface area contributed by atoms with Crippen LogP contribution in [0.25, 0.3) is 0 Å². The number of esters is 1. The molecule has 3 aromatic carbocycles. The zero-order chi connectivity index (χ0) is 45.5. The van der Waals surface area contributed by atoms with E-state index in [1.807, 2.05) is 107 Å². The van der Waals surface area contributed by atoms with Crippen LogP contribution in [-0.4, -0.2) is 109 Å². The Morgan fingerprint density at radius 1 is 0.968 bits per heavy atom. The Bertz CT molecular complexity index is 2180. The lowest BCUT2D eigenvalue weighted by Crippen LogP contribution is -2.65. The molecule has 0 aliphatic carbocycles. The summed E-state index contributed by atoms with van der Waals surface area (Å²) in [5, 5.41) is 14.2. The number of rotatable bonds is 18. The number of carbonyl (C=O) groups excluding carboxylic acids is 4. The third-order valence-corrected chi connectivity index (χ3v) is 12.5. The third-order valence-electron chi connectivity index (χ3n) is 10.3. The van der Waals surface area contributed by atoms with Crippen LogP contribution in [0, 0.1) is 11.3 Å². The molecule has 0 spiro atoms. The number of nitrogens with zero attached hydrogens (tertiary/aromatic N) is 5. The van der Waals surface area contributed by atoms with Gasteiger partial charge in [-0.2, -0.15) is 15.2 Å². The first-order valence-corrected chi connectivity index (χ1v) is 21.5. The van der Waals surface area contributed by atoms with E-state index in [1.165, 1.54) is 6.92 Å². The van der Waals surface area contributed by atoms with Gasteiger partial charge in [-0.3, -0.25) is 25.0 Å². The zero-order valence-corrected chi connectivity index (χ0v) is 37.3. The Morgan fingerprint density at radius 2 is 1.56 bits per heavy atom. The van der Waals surface area contributed by atoms with E-state index in [-0.39, 0.29) is 44.1 Å². The second-order valence-electron chi connectivity index (χ2n) is 15.3. The number of fused-ring (bicyclic) bond motifs is 1. The molecule has 1 fully saturated rings. The van der Waals surface area contributed by atoms with Crippen LogP contribution in [0.1, 0.15) is 71.1 Å². The second kappa shape index (κ2) is 20.1. The van der Waals surface area contributed by atoms with Gasteiger partial charge in [0.1, 0.15) is 29.4 Å². The van der Waals surface area contributed by atoms with E-state index in [4.69, 9.17) is 32.7 Å². The number of amides is 4. The fourth-order valence-corrected chi connectivity index (χ4v) is 9.55. The first-order valence-electron chi connectivity index (χ1n) is 20.4. The van der Waals surface area contributed by atoms with Gasteiger partial charge in [0, 0.05) is 32.4 Å².